The fourth-order valence-electron chi connectivity index (χ4n) is 2.97. The van der Waals surface area contributed by atoms with Gasteiger partial charge in [0.05, 0.1) is 5.56 Å². The zero-order chi connectivity index (χ0) is 15.5. The molecule has 3 aromatic rings. The molecule has 118 valence electrons. The highest BCUT2D eigenvalue weighted by Gasteiger charge is 2.25. The van der Waals surface area contributed by atoms with Gasteiger partial charge in [0.25, 0.3) is 0 Å². The number of hydrogen-bond acceptors (Lipinski definition) is 6. The number of pyridine rings is 1. The third-order valence-electron chi connectivity index (χ3n) is 4.25. The van der Waals surface area contributed by atoms with Crippen molar-refractivity contribution in [1.82, 2.24) is 20.1 Å². The van der Waals surface area contributed by atoms with Crippen LogP contribution in [0.4, 0.5) is 0 Å². The van der Waals surface area contributed by atoms with Crippen molar-refractivity contribution in [2.75, 3.05) is 13.1 Å². The molecule has 1 saturated heterocycles. The first kappa shape index (κ1) is 14.5. The van der Waals surface area contributed by atoms with Gasteiger partial charge < -0.3 is 4.42 Å². The van der Waals surface area contributed by atoms with Crippen LogP contribution in [-0.4, -0.2) is 33.2 Å². The van der Waals surface area contributed by atoms with Crippen LogP contribution >= 0.6 is 11.3 Å². The Morgan fingerprint density at radius 1 is 1.17 bits per heavy atom. The van der Waals surface area contributed by atoms with E-state index in [1.165, 1.54) is 4.88 Å². The van der Waals surface area contributed by atoms with E-state index in [1.807, 2.05) is 23.5 Å². The second-order valence-electron chi connectivity index (χ2n) is 5.82. The molecule has 1 aliphatic heterocycles. The van der Waals surface area contributed by atoms with Crippen molar-refractivity contribution in [3.63, 3.8) is 0 Å². The quantitative estimate of drug-likeness (QED) is 0.733. The standard InChI is InChI=1S/C17H18N4OS/c1-3-14(11-18-7-1)17-20-19-16(22-17)13-5-8-21(9-6-13)12-15-4-2-10-23-15/h1-4,7,10-11,13H,5-6,8-9,12H2. The van der Waals surface area contributed by atoms with Crippen LogP contribution in [0.15, 0.2) is 46.5 Å². The first-order valence-electron chi connectivity index (χ1n) is 7.87. The van der Waals surface area contributed by atoms with Crippen molar-refractivity contribution in [3.8, 4) is 11.5 Å². The summed E-state index contributed by atoms with van der Waals surface area (Å²) >= 11 is 1.83. The van der Waals surface area contributed by atoms with Crippen LogP contribution in [0.3, 0.4) is 0 Å². The maximum atomic E-state index is 5.87. The van der Waals surface area contributed by atoms with Crippen LogP contribution in [-0.2, 0) is 6.54 Å². The summed E-state index contributed by atoms with van der Waals surface area (Å²) in [6.07, 6.45) is 5.63. The second-order valence-corrected chi connectivity index (χ2v) is 6.85. The Morgan fingerprint density at radius 2 is 2.09 bits per heavy atom. The van der Waals surface area contributed by atoms with Gasteiger partial charge in [-0.05, 0) is 49.5 Å². The Morgan fingerprint density at radius 3 is 2.83 bits per heavy atom. The maximum absolute atomic E-state index is 5.87. The molecule has 1 fully saturated rings. The molecule has 0 spiro atoms. The number of piperidine rings is 1. The second kappa shape index (κ2) is 6.60. The summed E-state index contributed by atoms with van der Waals surface area (Å²) in [4.78, 5) is 8.03. The normalized spacial score (nSPS) is 16.7. The third-order valence-corrected chi connectivity index (χ3v) is 5.11. The number of thiophene rings is 1. The van der Waals surface area contributed by atoms with Gasteiger partial charge in [-0.1, -0.05) is 6.07 Å². The van der Waals surface area contributed by atoms with E-state index in [-0.39, 0.29) is 0 Å². The smallest absolute Gasteiger partial charge is 0.249 e. The molecule has 0 amide bonds. The molecule has 0 bridgehead atoms. The Labute approximate surface area is 139 Å². The van der Waals surface area contributed by atoms with Gasteiger partial charge in [0.15, 0.2) is 0 Å². The van der Waals surface area contributed by atoms with Crippen LogP contribution in [0.1, 0.15) is 29.5 Å². The monoisotopic (exact) mass is 326 g/mol. The van der Waals surface area contributed by atoms with Crippen molar-refractivity contribution >= 4 is 11.3 Å². The van der Waals surface area contributed by atoms with Crippen LogP contribution in [0.25, 0.3) is 11.5 Å². The van der Waals surface area contributed by atoms with Crippen LogP contribution in [0, 0.1) is 0 Å². The average molecular weight is 326 g/mol. The first-order chi connectivity index (χ1) is 11.4. The highest BCUT2D eigenvalue weighted by atomic mass is 32.1. The lowest BCUT2D eigenvalue weighted by Gasteiger charge is -2.29. The van der Waals surface area contributed by atoms with Gasteiger partial charge in [-0.3, -0.25) is 9.88 Å². The summed E-state index contributed by atoms with van der Waals surface area (Å²) in [5.41, 5.74) is 0.876. The molecular weight excluding hydrogens is 308 g/mol. The van der Waals surface area contributed by atoms with E-state index in [9.17, 15) is 0 Å². The predicted molar refractivity (Wildman–Crippen MR) is 89.1 cm³/mol. The summed E-state index contributed by atoms with van der Waals surface area (Å²) < 4.78 is 5.87. The van der Waals surface area contributed by atoms with Gasteiger partial charge >= 0.3 is 0 Å². The minimum atomic E-state index is 0.368. The van der Waals surface area contributed by atoms with Gasteiger partial charge in [-0.2, -0.15) is 0 Å². The van der Waals surface area contributed by atoms with E-state index in [0.717, 1.165) is 43.9 Å². The van der Waals surface area contributed by atoms with Crippen molar-refractivity contribution in [1.29, 1.82) is 0 Å². The minimum absolute atomic E-state index is 0.368. The molecule has 6 heteroatoms. The van der Waals surface area contributed by atoms with Gasteiger partial charge in [0, 0.05) is 29.7 Å². The molecule has 0 radical (unpaired) electrons. The van der Waals surface area contributed by atoms with Gasteiger partial charge in [0.2, 0.25) is 11.8 Å². The minimum Gasteiger partial charge on any atom is -0.420 e. The Bertz CT molecular complexity index is 733. The van der Waals surface area contributed by atoms with E-state index in [1.54, 1.807) is 12.4 Å². The molecule has 3 aromatic heterocycles. The third kappa shape index (κ3) is 3.33. The van der Waals surface area contributed by atoms with Crippen molar-refractivity contribution in [3.05, 3.63) is 52.8 Å². The molecule has 5 nitrogen and oxygen atoms in total. The van der Waals surface area contributed by atoms with E-state index >= 15 is 0 Å². The predicted octanol–water partition coefficient (Wildman–Crippen LogP) is 3.57. The lowest BCUT2D eigenvalue weighted by Crippen LogP contribution is -2.32. The van der Waals surface area contributed by atoms with E-state index in [2.05, 4.69) is 37.6 Å². The van der Waals surface area contributed by atoms with Crippen molar-refractivity contribution < 1.29 is 4.42 Å². The molecule has 4 rings (SSSR count). The maximum Gasteiger partial charge on any atom is 0.249 e. The van der Waals surface area contributed by atoms with Gasteiger partial charge in [-0.15, -0.1) is 21.5 Å². The topological polar surface area (TPSA) is 55.1 Å². The fourth-order valence-corrected chi connectivity index (χ4v) is 3.71. The van der Waals surface area contributed by atoms with Crippen molar-refractivity contribution in [2.45, 2.75) is 25.3 Å². The molecule has 0 N–H and O–H groups in total. The number of nitrogens with zero attached hydrogens (tertiary/aromatic N) is 4. The highest BCUT2D eigenvalue weighted by Crippen LogP contribution is 2.30. The number of rotatable bonds is 4. The molecule has 0 unspecified atom stereocenters. The first-order valence-corrected chi connectivity index (χ1v) is 8.75. The summed E-state index contributed by atoms with van der Waals surface area (Å²) in [7, 11) is 0. The van der Waals surface area contributed by atoms with Gasteiger partial charge in [0.1, 0.15) is 0 Å². The van der Waals surface area contributed by atoms with Crippen molar-refractivity contribution in [2.24, 2.45) is 0 Å². The Balaban J connectivity index is 1.38. The van der Waals surface area contributed by atoms with E-state index in [4.69, 9.17) is 4.42 Å². The lowest BCUT2D eigenvalue weighted by molar-refractivity contribution is 0.194. The molecule has 0 aliphatic carbocycles. The van der Waals surface area contributed by atoms with Crippen LogP contribution in [0.5, 0.6) is 0 Å². The molecule has 1 aliphatic rings. The fraction of sp³-hybridized carbons (Fsp3) is 0.353. The summed E-state index contributed by atoms with van der Waals surface area (Å²) in [6.45, 7) is 3.20. The summed E-state index contributed by atoms with van der Waals surface area (Å²) in [5, 5.41) is 10.6. The Kier molecular flexibility index (Phi) is 4.17. The zero-order valence-corrected chi connectivity index (χ0v) is 13.6. The number of hydrogen-bond donors (Lipinski definition) is 0. The molecule has 23 heavy (non-hydrogen) atoms. The van der Waals surface area contributed by atoms with Crippen LogP contribution in [0.2, 0.25) is 0 Å². The number of likely N-dealkylation sites (tertiary alicyclic amines) is 1. The SMILES string of the molecule is c1cncc(-c2nnc(C3CCN(Cc4cccs4)CC3)o2)c1. The molecule has 4 heterocycles. The average Bonchev–Trinajstić information content (AvgIpc) is 3.28. The lowest BCUT2D eigenvalue weighted by atomic mass is 9.97. The van der Waals surface area contributed by atoms with E-state index < -0.39 is 0 Å². The number of aromatic nitrogens is 3. The highest BCUT2D eigenvalue weighted by molar-refractivity contribution is 7.09. The molecule has 0 atom stereocenters. The van der Waals surface area contributed by atoms with Crippen LogP contribution < -0.4 is 0 Å². The Hall–Kier alpha value is -2.05. The molecule has 0 aromatic carbocycles. The molecule has 0 saturated carbocycles. The summed E-state index contributed by atoms with van der Waals surface area (Å²) in [6, 6.07) is 8.14. The van der Waals surface area contributed by atoms with Gasteiger partial charge in [-0.25, -0.2) is 0 Å². The molecular formula is C17H18N4OS. The summed E-state index contributed by atoms with van der Waals surface area (Å²) in [5.74, 6) is 1.70. The largest absolute Gasteiger partial charge is 0.420 e. The van der Waals surface area contributed by atoms with E-state index in [0.29, 0.717) is 11.8 Å². The zero-order valence-electron chi connectivity index (χ0n) is 12.8.